The Balaban J connectivity index is 1.55. The molecular weight excluding hydrogens is 400 g/mol. The van der Waals surface area contributed by atoms with Gasteiger partial charge in [-0.1, -0.05) is 19.3 Å². The fourth-order valence-corrected chi connectivity index (χ4v) is 6.27. The zero-order valence-electron chi connectivity index (χ0n) is 18.2. The molecule has 2 fully saturated rings. The number of nitrogens with zero attached hydrogens (tertiary/aromatic N) is 4. The number of aryl methyl sites for hydroxylation is 1. The van der Waals surface area contributed by atoms with E-state index < -0.39 is 10.0 Å². The van der Waals surface area contributed by atoms with E-state index in [0.717, 1.165) is 42.4 Å². The van der Waals surface area contributed by atoms with Gasteiger partial charge in [0, 0.05) is 26.2 Å². The van der Waals surface area contributed by atoms with Crippen LogP contribution in [0.3, 0.4) is 0 Å². The lowest BCUT2D eigenvalue weighted by Gasteiger charge is -2.26. The monoisotopic (exact) mass is 434 g/mol. The van der Waals surface area contributed by atoms with E-state index >= 15 is 0 Å². The summed E-state index contributed by atoms with van der Waals surface area (Å²) >= 11 is 0. The van der Waals surface area contributed by atoms with Crippen molar-refractivity contribution in [1.29, 1.82) is 0 Å². The summed E-state index contributed by atoms with van der Waals surface area (Å²) in [5.41, 5.74) is 1.76. The quantitative estimate of drug-likeness (QED) is 0.670. The molecule has 7 nitrogen and oxygen atoms in total. The first-order chi connectivity index (χ1) is 14.5. The van der Waals surface area contributed by atoms with Gasteiger partial charge in [0.1, 0.15) is 5.82 Å². The lowest BCUT2D eigenvalue weighted by atomic mass is 9.89. The van der Waals surface area contributed by atoms with E-state index in [1.807, 2.05) is 6.07 Å². The number of fused-ring (bicyclic) bond motifs is 1. The first kappa shape index (κ1) is 21.7. The highest BCUT2D eigenvalue weighted by atomic mass is 32.2. The van der Waals surface area contributed by atoms with Crippen LogP contribution >= 0.6 is 0 Å². The molecule has 1 aliphatic carbocycles. The van der Waals surface area contributed by atoms with Crippen LogP contribution in [0.2, 0.25) is 0 Å². The highest BCUT2D eigenvalue weighted by Gasteiger charge is 2.27. The third-order valence-electron chi connectivity index (χ3n) is 6.43. The second kappa shape index (κ2) is 9.34. The summed E-state index contributed by atoms with van der Waals surface area (Å²) in [6.07, 6.45) is 6.74. The van der Waals surface area contributed by atoms with Gasteiger partial charge in [-0.05, 0) is 50.9 Å². The molecule has 0 amide bonds. The van der Waals surface area contributed by atoms with Crippen molar-refractivity contribution >= 4 is 21.1 Å². The zero-order valence-corrected chi connectivity index (χ0v) is 19.0. The molecule has 0 radical (unpaired) electrons. The van der Waals surface area contributed by atoms with Crippen molar-refractivity contribution < 1.29 is 13.2 Å². The van der Waals surface area contributed by atoms with Crippen LogP contribution < -0.4 is 0 Å². The Morgan fingerprint density at radius 3 is 2.60 bits per heavy atom. The van der Waals surface area contributed by atoms with Gasteiger partial charge in [-0.15, -0.1) is 0 Å². The highest BCUT2D eigenvalue weighted by Crippen LogP contribution is 2.26. The van der Waals surface area contributed by atoms with E-state index in [0.29, 0.717) is 31.2 Å². The van der Waals surface area contributed by atoms with Gasteiger partial charge in [0.25, 0.3) is 0 Å². The van der Waals surface area contributed by atoms with Crippen molar-refractivity contribution in [3.8, 4) is 0 Å². The Morgan fingerprint density at radius 1 is 1.17 bits per heavy atom. The van der Waals surface area contributed by atoms with Gasteiger partial charge in [-0.25, -0.2) is 13.4 Å². The van der Waals surface area contributed by atoms with E-state index in [2.05, 4.69) is 23.4 Å². The number of sulfonamides is 1. The number of aromatic nitrogens is 2. The molecule has 1 aromatic heterocycles. The minimum atomic E-state index is -3.51. The molecule has 0 bridgehead atoms. The van der Waals surface area contributed by atoms with Gasteiger partial charge in [0.15, 0.2) is 0 Å². The largest absolute Gasteiger partial charge is 0.379 e. The van der Waals surface area contributed by atoms with Crippen molar-refractivity contribution in [3.05, 3.63) is 24.0 Å². The molecule has 2 heterocycles. The van der Waals surface area contributed by atoms with Crippen LogP contribution in [0.15, 0.2) is 23.1 Å². The average molecular weight is 435 g/mol. The molecule has 0 spiro atoms. The molecule has 0 unspecified atom stereocenters. The summed E-state index contributed by atoms with van der Waals surface area (Å²) in [6, 6.07) is 5.36. The molecule has 1 saturated heterocycles. The fourth-order valence-electron chi connectivity index (χ4n) is 4.85. The second-order valence-corrected chi connectivity index (χ2v) is 10.6. The zero-order chi connectivity index (χ0) is 21.1. The van der Waals surface area contributed by atoms with Crippen LogP contribution in [-0.2, 0) is 27.8 Å². The number of hydrogen-bond acceptors (Lipinski definition) is 5. The Labute approximate surface area is 180 Å². The topological polar surface area (TPSA) is 67.7 Å². The van der Waals surface area contributed by atoms with Crippen molar-refractivity contribution in [1.82, 2.24) is 18.8 Å². The number of hydrogen-bond donors (Lipinski definition) is 0. The van der Waals surface area contributed by atoms with E-state index in [4.69, 9.17) is 9.72 Å². The fraction of sp³-hybridized carbons (Fsp3) is 0.682. The summed E-state index contributed by atoms with van der Waals surface area (Å²) in [5, 5.41) is 0. The van der Waals surface area contributed by atoms with Crippen LogP contribution in [-0.4, -0.2) is 67.1 Å². The average Bonchev–Trinajstić information content (AvgIpc) is 3.11. The van der Waals surface area contributed by atoms with Crippen LogP contribution in [0.5, 0.6) is 0 Å². The van der Waals surface area contributed by atoms with Gasteiger partial charge >= 0.3 is 0 Å². The van der Waals surface area contributed by atoms with Gasteiger partial charge < -0.3 is 9.30 Å². The Kier molecular flexibility index (Phi) is 6.77. The molecule has 1 aromatic carbocycles. The Hall–Kier alpha value is -1.48. The molecule has 2 aromatic rings. The SMILES string of the molecule is CCn1c(CN(C)CC2CCCCC2)nc2cc(S(=O)(=O)N3CCOCC3)ccc21. The standard InChI is InChI=1S/C22H34N4O3S/c1-3-26-21-10-9-19(30(27,28)25-11-13-29-14-12-25)15-20(21)23-22(26)17-24(2)16-18-7-5-4-6-8-18/h9-10,15,18H,3-8,11-14,16-17H2,1-2H3. The minimum absolute atomic E-state index is 0.319. The van der Waals surface area contributed by atoms with E-state index in [1.54, 1.807) is 12.1 Å². The number of morpholine rings is 1. The molecule has 4 rings (SSSR count). The van der Waals surface area contributed by atoms with E-state index in [9.17, 15) is 8.42 Å². The molecule has 0 atom stereocenters. The normalized spacial score (nSPS) is 19.7. The third kappa shape index (κ3) is 4.56. The molecule has 1 aliphatic heterocycles. The Bertz CT molecular complexity index is 960. The maximum absolute atomic E-state index is 13.0. The van der Waals surface area contributed by atoms with Crippen LogP contribution in [0, 0.1) is 5.92 Å². The van der Waals surface area contributed by atoms with Crippen molar-refractivity contribution in [2.45, 2.75) is 57.0 Å². The lowest BCUT2D eigenvalue weighted by Crippen LogP contribution is -2.40. The predicted octanol–water partition coefficient (Wildman–Crippen LogP) is 3.09. The lowest BCUT2D eigenvalue weighted by molar-refractivity contribution is 0.0730. The maximum Gasteiger partial charge on any atom is 0.243 e. The highest BCUT2D eigenvalue weighted by molar-refractivity contribution is 7.89. The van der Waals surface area contributed by atoms with Crippen LogP contribution in [0.4, 0.5) is 0 Å². The first-order valence-corrected chi connectivity index (χ1v) is 12.7. The summed E-state index contributed by atoms with van der Waals surface area (Å²) in [6.45, 7) is 6.52. The molecule has 166 valence electrons. The Morgan fingerprint density at radius 2 is 1.90 bits per heavy atom. The summed E-state index contributed by atoms with van der Waals surface area (Å²) in [7, 11) is -1.34. The molecule has 8 heteroatoms. The van der Waals surface area contributed by atoms with E-state index in [1.165, 1.54) is 36.4 Å². The molecule has 1 saturated carbocycles. The van der Waals surface area contributed by atoms with Gasteiger partial charge in [-0.2, -0.15) is 4.31 Å². The smallest absolute Gasteiger partial charge is 0.243 e. The van der Waals surface area contributed by atoms with Gasteiger partial charge in [0.2, 0.25) is 10.0 Å². The van der Waals surface area contributed by atoms with Gasteiger partial charge in [0.05, 0.1) is 35.7 Å². The third-order valence-corrected chi connectivity index (χ3v) is 8.32. The number of rotatable bonds is 7. The van der Waals surface area contributed by atoms with Crippen LogP contribution in [0.1, 0.15) is 44.9 Å². The first-order valence-electron chi connectivity index (χ1n) is 11.2. The predicted molar refractivity (Wildman–Crippen MR) is 118 cm³/mol. The second-order valence-electron chi connectivity index (χ2n) is 8.64. The van der Waals surface area contributed by atoms with Crippen molar-refractivity contribution in [3.63, 3.8) is 0 Å². The van der Waals surface area contributed by atoms with Gasteiger partial charge in [-0.3, -0.25) is 4.90 Å². The van der Waals surface area contributed by atoms with Crippen molar-refractivity contribution in [2.24, 2.45) is 5.92 Å². The van der Waals surface area contributed by atoms with Crippen LogP contribution in [0.25, 0.3) is 11.0 Å². The summed E-state index contributed by atoms with van der Waals surface area (Å²) in [5.74, 6) is 1.79. The molecular formula is C22H34N4O3S. The van der Waals surface area contributed by atoms with Crippen molar-refractivity contribution in [2.75, 3.05) is 39.9 Å². The summed E-state index contributed by atoms with van der Waals surface area (Å²) < 4.78 is 35.1. The number of imidazole rings is 1. The molecule has 30 heavy (non-hydrogen) atoms. The number of benzene rings is 1. The van der Waals surface area contributed by atoms with E-state index in [-0.39, 0.29) is 0 Å². The maximum atomic E-state index is 13.0. The molecule has 2 aliphatic rings. The molecule has 0 N–H and O–H groups in total. The number of ether oxygens (including phenoxy) is 1. The summed E-state index contributed by atoms with van der Waals surface area (Å²) in [4.78, 5) is 7.54. The minimum Gasteiger partial charge on any atom is -0.379 e.